The molecule has 122 valence electrons. The molecule has 1 atom stereocenters. The summed E-state index contributed by atoms with van der Waals surface area (Å²) in [5.74, 6) is -1.40. The number of aliphatic carboxylic acids is 1. The van der Waals surface area contributed by atoms with Crippen molar-refractivity contribution in [2.45, 2.75) is 58.8 Å². The minimum Gasteiger partial charge on any atom is -0.480 e. The number of hydrogen-bond donors (Lipinski definition) is 2. The molecule has 0 aliphatic heterocycles. The van der Waals surface area contributed by atoms with E-state index in [1.165, 1.54) is 0 Å². The smallest absolute Gasteiger partial charge is 0.408 e. The predicted octanol–water partition coefficient (Wildman–Crippen LogP) is 2.63. The molecule has 0 aliphatic rings. The maximum atomic E-state index is 11.5. The third-order valence-electron chi connectivity index (χ3n) is 1.75. The van der Waals surface area contributed by atoms with Gasteiger partial charge < -0.3 is 19.9 Å². The molecule has 0 aliphatic carbocycles. The van der Waals surface area contributed by atoms with Gasteiger partial charge in [0.2, 0.25) is 0 Å². The minimum atomic E-state index is -1.25. The molecule has 8 heteroatoms. The number of carboxylic acids is 1. The number of nitrogens with one attached hydrogen (secondary N) is 1. The first-order chi connectivity index (χ1) is 9.30. The Morgan fingerprint density at radius 2 is 1.52 bits per heavy atom. The summed E-state index contributed by atoms with van der Waals surface area (Å²) in [4.78, 5) is 34.1. The highest BCUT2D eigenvalue weighted by Crippen LogP contribution is 2.16. The van der Waals surface area contributed by atoms with Crippen LogP contribution in [0.4, 0.5) is 9.59 Å². The summed E-state index contributed by atoms with van der Waals surface area (Å²) < 4.78 is 10.0. The second-order valence-electron chi connectivity index (χ2n) is 6.31. The Labute approximate surface area is 128 Å². The van der Waals surface area contributed by atoms with Crippen molar-refractivity contribution in [3.8, 4) is 0 Å². The molecule has 0 spiro atoms. The van der Waals surface area contributed by atoms with Crippen molar-refractivity contribution in [3.63, 3.8) is 0 Å². The zero-order valence-electron chi connectivity index (χ0n) is 13.2. The van der Waals surface area contributed by atoms with Crippen LogP contribution in [0.25, 0.3) is 0 Å². The van der Waals surface area contributed by atoms with Crippen LogP contribution in [0.3, 0.4) is 0 Å². The quantitative estimate of drug-likeness (QED) is 0.767. The number of ether oxygens (including phenoxy) is 2. The molecular weight excluding hydrogens is 298 g/mol. The van der Waals surface area contributed by atoms with Gasteiger partial charge in [-0.25, -0.2) is 14.4 Å². The van der Waals surface area contributed by atoms with E-state index in [4.69, 9.17) is 14.6 Å². The van der Waals surface area contributed by atoms with Crippen molar-refractivity contribution < 1.29 is 29.0 Å². The van der Waals surface area contributed by atoms with Crippen molar-refractivity contribution in [3.05, 3.63) is 0 Å². The fourth-order valence-corrected chi connectivity index (χ4v) is 1.89. The van der Waals surface area contributed by atoms with Crippen LogP contribution in [0.1, 0.15) is 41.5 Å². The Bertz CT molecular complexity index is 396. The van der Waals surface area contributed by atoms with Crippen molar-refractivity contribution >= 4 is 29.1 Å². The first-order valence-corrected chi connectivity index (χ1v) is 7.37. The number of hydrogen-bond acceptors (Lipinski definition) is 6. The van der Waals surface area contributed by atoms with Gasteiger partial charge in [-0.05, 0) is 53.3 Å². The van der Waals surface area contributed by atoms with Crippen LogP contribution < -0.4 is 5.32 Å². The lowest BCUT2D eigenvalue weighted by Gasteiger charge is -2.22. The van der Waals surface area contributed by atoms with Gasteiger partial charge in [0.05, 0.1) is 0 Å². The number of carboxylic acid groups (broad SMARTS) is 1. The fourth-order valence-electron chi connectivity index (χ4n) is 1.06. The van der Waals surface area contributed by atoms with Gasteiger partial charge in [0.15, 0.2) is 0 Å². The average Bonchev–Trinajstić information content (AvgIpc) is 2.18. The fraction of sp³-hybridized carbons (Fsp3) is 0.769. The van der Waals surface area contributed by atoms with Crippen molar-refractivity contribution in [1.82, 2.24) is 5.32 Å². The molecule has 0 radical (unpaired) electrons. The lowest BCUT2D eigenvalue weighted by atomic mass is 10.2. The van der Waals surface area contributed by atoms with E-state index in [-0.39, 0.29) is 5.75 Å². The van der Waals surface area contributed by atoms with E-state index in [2.05, 4.69) is 5.32 Å². The monoisotopic (exact) mass is 321 g/mol. The number of alkyl carbamates (subject to hydrolysis) is 1. The van der Waals surface area contributed by atoms with Crippen LogP contribution in [0.15, 0.2) is 0 Å². The molecule has 1 amide bonds. The minimum absolute atomic E-state index is 0.149. The van der Waals surface area contributed by atoms with Crippen LogP contribution in [-0.2, 0) is 14.3 Å². The summed E-state index contributed by atoms with van der Waals surface area (Å²) in [6.07, 6.45) is -0.848. The average molecular weight is 321 g/mol. The van der Waals surface area contributed by atoms with E-state index in [1.54, 1.807) is 41.5 Å². The Morgan fingerprint density at radius 1 is 1.05 bits per heavy atom. The molecule has 0 aromatic heterocycles. The normalized spacial score (nSPS) is 13.2. The van der Waals surface area contributed by atoms with Gasteiger partial charge in [0, 0.05) is 5.75 Å². The Balaban J connectivity index is 4.42. The highest BCUT2D eigenvalue weighted by atomic mass is 32.2. The van der Waals surface area contributed by atoms with Crippen LogP contribution in [0.5, 0.6) is 0 Å². The van der Waals surface area contributed by atoms with E-state index < -0.39 is 34.6 Å². The van der Waals surface area contributed by atoms with Gasteiger partial charge in [0.1, 0.15) is 17.2 Å². The van der Waals surface area contributed by atoms with Gasteiger partial charge in [0.25, 0.3) is 0 Å². The van der Waals surface area contributed by atoms with E-state index in [0.29, 0.717) is 11.8 Å². The molecule has 21 heavy (non-hydrogen) atoms. The summed E-state index contributed by atoms with van der Waals surface area (Å²) >= 11 is 0.687. The number of carbonyl (C=O) groups excluding carboxylic acids is 2. The number of carbonyl (C=O) groups is 3. The molecule has 0 saturated heterocycles. The molecule has 0 aromatic rings. The van der Waals surface area contributed by atoms with E-state index in [1.807, 2.05) is 0 Å². The highest BCUT2D eigenvalue weighted by Gasteiger charge is 2.26. The van der Waals surface area contributed by atoms with E-state index in [9.17, 15) is 14.4 Å². The third kappa shape index (κ3) is 10.9. The number of amides is 1. The maximum absolute atomic E-state index is 11.5. The lowest BCUT2D eigenvalue weighted by Crippen LogP contribution is -2.45. The first-order valence-electron chi connectivity index (χ1n) is 6.38. The molecule has 0 fully saturated rings. The molecule has 0 bridgehead atoms. The Hall–Kier alpha value is -1.44. The van der Waals surface area contributed by atoms with Crippen LogP contribution >= 0.6 is 11.8 Å². The van der Waals surface area contributed by atoms with Gasteiger partial charge >= 0.3 is 17.4 Å². The third-order valence-corrected chi connectivity index (χ3v) is 2.57. The molecule has 0 rings (SSSR count). The number of rotatable bonds is 4. The first kappa shape index (κ1) is 19.6. The second kappa shape index (κ2) is 7.53. The largest absolute Gasteiger partial charge is 0.480 e. The molecule has 0 saturated carbocycles. The zero-order valence-corrected chi connectivity index (χ0v) is 14.0. The van der Waals surface area contributed by atoms with Crippen LogP contribution in [0, 0.1) is 0 Å². The summed E-state index contributed by atoms with van der Waals surface area (Å²) in [6, 6.07) is -1.24. The Morgan fingerprint density at radius 3 is 1.90 bits per heavy atom. The van der Waals surface area contributed by atoms with Gasteiger partial charge in [-0.15, -0.1) is 0 Å². The van der Waals surface area contributed by atoms with Gasteiger partial charge in [-0.3, -0.25) is 0 Å². The molecule has 0 unspecified atom stereocenters. The molecular formula is C13H23NO6S. The van der Waals surface area contributed by atoms with Crippen molar-refractivity contribution in [2.24, 2.45) is 0 Å². The van der Waals surface area contributed by atoms with Gasteiger partial charge in [-0.2, -0.15) is 0 Å². The summed E-state index contributed by atoms with van der Waals surface area (Å²) in [5, 5.41) is 10.6. The molecule has 0 heterocycles. The maximum Gasteiger partial charge on any atom is 0.408 e. The highest BCUT2D eigenvalue weighted by molar-refractivity contribution is 8.13. The van der Waals surface area contributed by atoms with Crippen molar-refractivity contribution in [2.75, 3.05) is 5.75 Å². The SMILES string of the molecule is CC(C)(C)OC(=O)N[C@H](CSC(=O)OC(C)(C)C)C(=O)O. The molecule has 7 nitrogen and oxygen atoms in total. The predicted molar refractivity (Wildman–Crippen MR) is 79.5 cm³/mol. The molecule has 2 N–H and O–H groups in total. The summed E-state index contributed by atoms with van der Waals surface area (Å²) in [6.45, 7) is 10.1. The summed E-state index contributed by atoms with van der Waals surface area (Å²) in [5.41, 5.74) is -1.38. The van der Waals surface area contributed by atoms with Crippen LogP contribution in [-0.4, -0.2) is 45.5 Å². The zero-order chi connectivity index (χ0) is 16.8. The van der Waals surface area contributed by atoms with E-state index >= 15 is 0 Å². The van der Waals surface area contributed by atoms with Gasteiger partial charge in [-0.1, -0.05) is 0 Å². The van der Waals surface area contributed by atoms with Crippen molar-refractivity contribution in [1.29, 1.82) is 0 Å². The topological polar surface area (TPSA) is 102 Å². The molecule has 0 aromatic carbocycles. The summed E-state index contributed by atoms with van der Waals surface area (Å²) in [7, 11) is 0. The van der Waals surface area contributed by atoms with E-state index in [0.717, 1.165) is 0 Å². The Kier molecular flexibility index (Phi) is 7.02. The standard InChI is InChI=1S/C13H23NO6S/c1-12(2,3)19-10(17)14-8(9(15)16)7-21-11(18)20-13(4,5)6/h8H,7H2,1-6H3,(H,14,17)(H,15,16)/t8-/m1/s1. The lowest BCUT2D eigenvalue weighted by molar-refractivity contribution is -0.138. The van der Waals surface area contributed by atoms with Crippen LogP contribution in [0.2, 0.25) is 0 Å². The number of thioether (sulfide) groups is 1. The second-order valence-corrected chi connectivity index (χ2v) is 7.27.